The topological polar surface area (TPSA) is 52.6 Å². The average molecular weight is 362 g/mol. The van der Waals surface area contributed by atoms with Crippen LogP contribution in [0.5, 0.6) is 0 Å². The van der Waals surface area contributed by atoms with Crippen molar-refractivity contribution in [2.75, 3.05) is 50.7 Å². The molecule has 0 aliphatic carbocycles. The molecule has 0 bridgehead atoms. The van der Waals surface area contributed by atoms with Gasteiger partial charge in [0.1, 0.15) is 11.6 Å². The molecule has 0 radical (unpaired) electrons. The molecule has 0 saturated carbocycles. The van der Waals surface area contributed by atoms with E-state index in [0.717, 1.165) is 69.4 Å². The van der Waals surface area contributed by atoms with Gasteiger partial charge in [-0.25, -0.2) is 9.97 Å². The smallest absolute Gasteiger partial charge is 0.236 e. The van der Waals surface area contributed by atoms with Crippen LogP contribution >= 0.6 is 0 Å². The molecule has 0 unspecified atom stereocenters. The standard InChI is InChI=1S/C20H35N5O/c1-6-8-25(9-7-2)19(26)15-23-10-12-24(13-11-23)18-14-17(5)21-20(22-18)16(3)4/h14,16H,6-13,15H2,1-5H3. The van der Waals surface area contributed by atoms with Crippen LogP contribution in [-0.2, 0) is 4.79 Å². The largest absolute Gasteiger partial charge is 0.354 e. The summed E-state index contributed by atoms with van der Waals surface area (Å²) in [4.78, 5) is 28.4. The molecule has 2 heterocycles. The highest BCUT2D eigenvalue weighted by Gasteiger charge is 2.22. The van der Waals surface area contributed by atoms with E-state index >= 15 is 0 Å². The molecule has 1 aromatic rings. The van der Waals surface area contributed by atoms with Gasteiger partial charge in [0.05, 0.1) is 6.54 Å². The van der Waals surface area contributed by atoms with E-state index in [-0.39, 0.29) is 5.91 Å². The number of hydrogen-bond donors (Lipinski definition) is 0. The zero-order chi connectivity index (χ0) is 19.1. The van der Waals surface area contributed by atoms with Crippen molar-refractivity contribution in [3.8, 4) is 0 Å². The van der Waals surface area contributed by atoms with E-state index in [1.54, 1.807) is 0 Å². The lowest BCUT2D eigenvalue weighted by molar-refractivity contribution is -0.132. The molecule has 1 amide bonds. The van der Waals surface area contributed by atoms with Gasteiger partial charge in [0.2, 0.25) is 5.91 Å². The summed E-state index contributed by atoms with van der Waals surface area (Å²) in [5, 5.41) is 0. The molecule has 0 N–H and O–H groups in total. The monoisotopic (exact) mass is 361 g/mol. The number of aryl methyl sites for hydroxylation is 1. The van der Waals surface area contributed by atoms with E-state index in [1.807, 2.05) is 11.8 Å². The Morgan fingerprint density at radius 3 is 2.27 bits per heavy atom. The van der Waals surface area contributed by atoms with Gasteiger partial charge in [0.15, 0.2) is 0 Å². The summed E-state index contributed by atoms with van der Waals surface area (Å²) in [6.45, 7) is 16.4. The Morgan fingerprint density at radius 2 is 1.73 bits per heavy atom. The van der Waals surface area contributed by atoms with Crippen molar-refractivity contribution in [1.82, 2.24) is 19.8 Å². The Balaban J connectivity index is 1.92. The maximum Gasteiger partial charge on any atom is 0.236 e. The van der Waals surface area contributed by atoms with Crippen LogP contribution in [0.15, 0.2) is 6.07 Å². The van der Waals surface area contributed by atoms with Crippen molar-refractivity contribution < 1.29 is 4.79 Å². The summed E-state index contributed by atoms with van der Waals surface area (Å²) in [5.41, 5.74) is 1.02. The van der Waals surface area contributed by atoms with E-state index in [0.29, 0.717) is 12.5 Å². The lowest BCUT2D eigenvalue weighted by Crippen LogP contribution is -2.50. The fourth-order valence-electron chi connectivity index (χ4n) is 3.32. The third kappa shape index (κ3) is 5.66. The molecule has 1 fully saturated rings. The van der Waals surface area contributed by atoms with Crippen LogP contribution in [0, 0.1) is 6.92 Å². The zero-order valence-corrected chi connectivity index (χ0v) is 17.2. The van der Waals surface area contributed by atoms with E-state index in [9.17, 15) is 4.79 Å². The summed E-state index contributed by atoms with van der Waals surface area (Å²) in [6, 6.07) is 2.07. The van der Waals surface area contributed by atoms with Crippen LogP contribution in [0.25, 0.3) is 0 Å². The highest BCUT2D eigenvalue weighted by Crippen LogP contribution is 2.18. The van der Waals surface area contributed by atoms with Gasteiger partial charge in [0.25, 0.3) is 0 Å². The van der Waals surface area contributed by atoms with Crippen molar-refractivity contribution in [3.63, 3.8) is 0 Å². The maximum absolute atomic E-state index is 12.6. The number of aromatic nitrogens is 2. The molecule has 6 heteroatoms. The van der Waals surface area contributed by atoms with E-state index in [1.165, 1.54) is 0 Å². The number of carbonyl (C=O) groups is 1. The highest BCUT2D eigenvalue weighted by molar-refractivity contribution is 5.78. The second kappa shape index (κ2) is 9.86. The quantitative estimate of drug-likeness (QED) is 0.712. The van der Waals surface area contributed by atoms with Crippen LogP contribution in [0.2, 0.25) is 0 Å². The van der Waals surface area contributed by atoms with Gasteiger partial charge in [0, 0.05) is 56.9 Å². The second-order valence-electron chi connectivity index (χ2n) is 7.52. The van der Waals surface area contributed by atoms with Gasteiger partial charge in [-0.3, -0.25) is 9.69 Å². The number of anilines is 1. The van der Waals surface area contributed by atoms with Gasteiger partial charge in [-0.1, -0.05) is 27.7 Å². The minimum atomic E-state index is 0.266. The van der Waals surface area contributed by atoms with Crippen LogP contribution in [-0.4, -0.2) is 71.5 Å². The molecule has 6 nitrogen and oxygen atoms in total. The Labute approximate surface area is 158 Å². The van der Waals surface area contributed by atoms with Crippen LogP contribution in [0.4, 0.5) is 5.82 Å². The third-order valence-corrected chi connectivity index (χ3v) is 4.77. The first-order chi connectivity index (χ1) is 12.4. The predicted molar refractivity (Wildman–Crippen MR) is 107 cm³/mol. The Morgan fingerprint density at radius 1 is 1.12 bits per heavy atom. The van der Waals surface area contributed by atoms with E-state index in [4.69, 9.17) is 4.98 Å². The average Bonchev–Trinajstić information content (AvgIpc) is 2.61. The molecule has 2 rings (SSSR count). The Kier molecular flexibility index (Phi) is 7.82. The van der Waals surface area contributed by atoms with Crippen molar-refractivity contribution in [1.29, 1.82) is 0 Å². The molecular weight excluding hydrogens is 326 g/mol. The molecule has 0 atom stereocenters. The lowest BCUT2D eigenvalue weighted by atomic mass is 10.2. The number of nitrogens with zero attached hydrogens (tertiary/aromatic N) is 5. The molecule has 146 valence electrons. The molecule has 1 aromatic heterocycles. The molecule has 1 aliphatic rings. The molecule has 1 saturated heterocycles. The summed E-state index contributed by atoms with van der Waals surface area (Å²) in [7, 11) is 0. The zero-order valence-electron chi connectivity index (χ0n) is 17.2. The van der Waals surface area contributed by atoms with E-state index < -0.39 is 0 Å². The van der Waals surface area contributed by atoms with Crippen molar-refractivity contribution in [3.05, 3.63) is 17.6 Å². The Bertz CT molecular complexity index is 576. The number of piperazine rings is 1. The minimum absolute atomic E-state index is 0.266. The molecule has 0 aromatic carbocycles. The van der Waals surface area contributed by atoms with Crippen LogP contribution < -0.4 is 4.90 Å². The highest BCUT2D eigenvalue weighted by atomic mass is 16.2. The van der Waals surface area contributed by atoms with Crippen LogP contribution in [0.3, 0.4) is 0 Å². The molecule has 0 spiro atoms. The SMILES string of the molecule is CCCN(CCC)C(=O)CN1CCN(c2cc(C)nc(C(C)C)n2)CC1. The molecule has 26 heavy (non-hydrogen) atoms. The number of rotatable bonds is 8. The first kappa shape index (κ1) is 20.6. The van der Waals surface area contributed by atoms with E-state index in [2.05, 4.69) is 48.5 Å². The third-order valence-electron chi connectivity index (χ3n) is 4.77. The lowest BCUT2D eigenvalue weighted by Gasteiger charge is -2.36. The first-order valence-electron chi connectivity index (χ1n) is 10.0. The summed E-state index contributed by atoms with van der Waals surface area (Å²) in [6.07, 6.45) is 2.04. The van der Waals surface area contributed by atoms with Gasteiger partial charge in [-0.15, -0.1) is 0 Å². The number of hydrogen-bond acceptors (Lipinski definition) is 5. The van der Waals surface area contributed by atoms with Gasteiger partial charge < -0.3 is 9.80 Å². The maximum atomic E-state index is 12.6. The summed E-state index contributed by atoms with van der Waals surface area (Å²) in [5.74, 6) is 2.52. The summed E-state index contributed by atoms with van der Waals surface area (Å²) < 4.78 is 0. The first-order valence-corrected chi connectivity index (χ1v) is 10.0. The molecular formula is C20H35N5O. The second-order valence-corrected chi connectivity index (χ2v) is 7.52. The van der Waals surface area contributed by atoms with Gasteiger partial charge >= 0.3 is 0 Å². The fourth-order valence-corrected chi connectivity index (χ4v) is 3.32. The number of amides is 1. The predicted octanol–water partition coefficient (Wildman–Crippen LogP) is 2.68. The van der Waals surface area contributed by atoms with Crippen molar-refractivity contribution in [2.45, 2.75) is 53.4 Å². The Hall–Kier alpha value is -1.69. The van der Waals surface area contributed by atoms with Gasteiger partial charge in [-0.2, -0.15) is 0 Å². The minimum Gasteiger partial charge on any atom is -0.354 e. The fraction of sp³-hybridized carbons (Fsp3) is 0.750. The summed E-state index contributed by atoms with van der Waals surface area (Å²) >= 11 is 0. The number of carbonyl (C=O) groups excluding carboxylic acids is 1. The van der Waals surface area contributed by atoms with Crippen LogP contribution in [0.1, 0.15) is 58.0 Å². The van der Waals surface area contributed by atoms with Gasteiger partial charge in [-0.05, 0) is 19.8 Å². The van der Waals surface area contributed by atoms with Crippen molar-refractivity contribution >= 4 is 11.7 Å². The molecule has 1 aliphatic heterocycles. The normalized spacial score (nSPS) is 15.5. The van der Waals surface area contributed by atoms with Crippen molar-refractivity contribution in [2.24, 2.45) is 0 Å².